The number of hydrogen-bond acceptors (Lipinski definition) is 7. The van der Waals surface area contributed by atoms with Crippen molar-refractivity contribution in [3.05, 3.63) is 72.9 Å². The van der Waals surface area contributed by atoms with Crippen LogP contribution in [0.1, 0.15) is 0 Å². The Morgan fingerprint density at radius 3 is 2.65 bits per heavy atom. The number of carbonyl (C=O) groups excluding carboxylic acids is 1. The Morgan fingerprint density at radius 1 is 1.00 bits per heavy atom. The van der Waals surface area contributed by atoms with Crippen LogP contribution >= 0.6 is 0 Å². The van der Waals surface area contributed by atoms with E-state index in [2.05, 4.69) is 15.5 Å². The van der Waals surface area contributed by atoms with Crippen molar-refractivity contribution < 1.29 is 9.53 Å². The molecule has 0 aliphatic rings. The molecule has 0 aliphatic carbocycles. The van der Waals surface area contributed by atoms with Crippen molar-refractivity contribution in [3.8, 4) is 17.1 Å². The van der Waals surface area contributed by atoms with Crippen molar-refractivity contribution in [1.29, 1.82) is 0 Å². The SMILES string of the molecule is CN(CCOc1ccc2nc(-c3ccccc3)nc(Nc3ccc4[nH]ncc4c3)c2c1)CC(=O)N(C)C. The molecule has 5 aromatic rings. The van der Waals surface area contributed by atoms with Gasteiger partial charge in [-0.15, -0.1) is 0 Å². The number of ether oxygens (including phenoxy) is 1. The summed E-state index contributed by atoms with van der Waals surface area (Å²) in [5, 5.41) is 12.4. The number of likely N-dealkylation sites (N-methyl/N-ethyl adjacent to an activating group) is 2. The molecule has 37 heavy (non-hydrogen) atoms. The molecule has 9 nitrogen and oxygen atoms in total. The highest BCUT2D eigenvalue weighted by molar-refractivity contribution is 5.94. The molecule has 0 bridgehead atoms. The second-order valence-corrected chi connectivity index (χ2v) is 9.11. The highest BCUT2D eigenvalue weighted by Crippen LogP contribution is 2.31. The molecule has 1 amide bonds. The molecule has 0 unspecified atom stereocenters. The lowest BCUT2D eigenvalue weighted by molar-refractivity contribution is -0.129. The summed E-state index contributed by atoms with van der Waals surface area (Å²) in [6.45, 7) is 1.42. The van der Waals surface area contributed by atoms with Gasteiger partial charge in [0.05, 0.1) is 23.8 Å². The van der Waals surface area contributed by atoms with Crippen molar-refractivity contribution in [2.24, 2.45) is 0 Å². The van der Waals surface area contributed by atoms with Gasteiger partial charge in [0.25, 0.3) is 0 Å². The molecule has 0 fully saturated rings. The molecule has 9 heteroatoms. The van der Waals surface area contributed by atoms with Crippen LogP contribution in [-0.4, -0.2) is 76.7 Å². The maximum absolute atomic E-state index is 11.9. The zero-order valence-corrected chi connectivity index (χ0v) is 21.1. The van der Waals surface area contributed by atoms with Crippen molar-refractivity contribution >= 4 is 39.2 Å². The summed E-state index contributed by atoms with van der Waals surface area (Å²) in [5.41, 5.74) is 3.61. The minimum Gasteiger partial charge on any atom is -0.492 e. The number of aromatic amines is 1. The Balaban J connectivity index is 1.42. The van der Waals surface area contributed by atoms with E-state index in [1.165, 1.54) is 0 Å². The predicted octanol–water partition coefficient (Wildman–Crippen LogP) is 4.32. The van der Waals surface area contributed by atoms with E-state index in [1.54, 1.807) is 25.2 Å². The van der Waals surface area contributed by atoms with Gasteiger partial charge in [0.2, 0.25) is 5.91 Å². The highest BCUT2D eigenvalue weighted by atomic mass is 16.5. The monoisotopic (exact) mass is 495 g/mol. The Morgan fingerprint density at radius 2 is 1.84 bits per heavy atom. The van der Waals surface area contributed by atoms with Crippen molar-refractivity contribution in [2.75, 3.05) is 46.2 Å². The van der Waals surface area contributed by atoms with Crippen LogP contribution in [0.4, 0.5) is 11.5 Å². The lowest BCUT2D eigenvalue weighted by Gasteiger charge is -2.19. The zero-order valence-electron chi connectivity index (χ0n) is 21.1. The van der Waals surface area contributed by atoms with Crippen LogP contribution in [0, 0.1) is 0 Å². The van der Waals surface area contributed by atoms with Gasteiger partial charge >= 0.3 is 0 Å². The quantitative estimate of drug-likeness (QED) is 0.314. The van der Waals surface area contributed by atoms with Gasteiger partial charge in [-0.3, -0.25) is 14.8 Å². The number of rotatable bonds is 9. The summed E-state index contributed by atoms with van der Waals surface area (Å²) in [4.78, 5) is 25.2. The topological polar surface area (TPSA) is 99.3 Å². The molecular weight excluding hydrogens is 466 g/mol. The summed E-state index contributed by atoms with van der Waals surface area (Å²) in [5.74, 6) is 2.10. The molecule has 2 N–H and O–H groups in total. The minimum atomic E-state index is 0.0592. The Hall–Kier alpha value is -4.50. The summed E-state index contributed by atoms with van der Waals surface area (Å²) < 4.78 is 6.03. The van der Waals surface area contributed by atoms with Crippen molar-refractivity contribution in [3.63, 3.8) is 0 Å². The molecule has 0 saturated carbocycles. The fourth-order valence-electron chi connectivity index (χ4n) is 3.94. The van der Waals surface area contributed by atoms with E-state index < -0.39 is 0 Å². The number of amides is 1. The molecular formula is C28H29N7O2. The van der Waals surface area contributed by atoms with Gasteiger partial charge in [-0.1, -0.05) is 30.3 Å². The molecule has 5 rings (SSSR count). The van der Waals surface area contributed by atoms with Gasteiger partial charge in [-0.05, 0) is 43.4 Å². The third kappa shape index (κ3) is 5.68. The van der Waals surface area contributed by atoms with Crippen molar-refractivity contribution in [2.45, 2.75) is 0 Å². The molecule has 0 saturated heterocycles. The summed E-state index contributed by atoms with van der Waals surface area (Å²) in [6.07, 6.45) is 1.79. The van der Waals surface area contributed by atoms with E-state index in [0.717, 1.165) is 33.1 Å². The Kier molecular flexibility index (Phi) is 6.96. The standard InChI is InChI=1S/C28H29N7O2/c1-34(2)26(36)18-35(3)13-14-37-22-10-12-25-23(16-22)28(32-27(31-25)19-7-5-4-6-8-19)30-21-9-11-24-20(15-21)17-29-33-24/h4-12,15-17H,13-14,18H2,1-3H3,(H,29,33)(H,30,31,32). The van der Waals surface area contributed by atoms with Gasteiger partial charge in [0.1, 0.15) is 18.2 Å². The van der Waals surface area contributed by atoms with Gasteiger partial charge < -0.3 is 15.0 Å². The van der Waals surface area contributed by atoms with E-state index in [4.69, 9.17) is 14.7 Å². The van der Waals surface area contributed by atoms with Crippen LogP contribution in [0.3, 0.4) is 0 Å². The fraction of sp³-hybridized carbons (Fsp3) is 0.214. The summed E-state index contributed by atoms with van der Waals surface area (Å²) in [7, 11) is 5.42. The number of anilines is 2. The number of fused-ring (bicyclic) bond motifs is 2. The molecule has 2 heterocycles. The van der Waals surface area contributed by atoms with Crippen LogP contribution in [0.2, 0.25) is 0 Å². The second-order valence-electron chi connectivity index (χ2n) is 9.11. The number of hydrogen-bond donors (Lipinski definition) is 2. The first kappa shape index (κ1) is 24.2. The number of aromatic nitrogens is 4. The maximum Gasteiger partial charge on any atom is 0.236 e. The van der Waals surface area contributed by atoms with E-state index >= 15 is 0 Å². The Labute approximate surface area is 215 Å². The van der Waals surface area contributed by atoms with Crippen LogP contribution < -0.4 is 10.1 Å². The average Bonchev–Trinajstić information content (AvgIpc) is 3.37. The fourth-order valence-corrected chi connectivity index (χ4v) is 3.94. The highest BCUT2D eigenvalue weighted by Gasteiger charge is 2.13. The molecule has 0 radical (unpaired) electrons. The first-order valence-electron chi connectivity index (χ1n) is 12.0. The van der Waals surface area contributed by atoms with Crippen LogP contribution in [0.15, 0.2) is 72.9 Å². The lowest BCUT2D eigenvalue weighted by Crippen LogP contribution is -2.36. The van der Waals surface area contributed by atoms with Crippen LogP contribution in [0.5, 0.6) is 5.75 Å². The number of H-pyrrole nitrogens is 1. The molecule has 188 valence electrons. The Bertz CT molecular complexity index is 1530. The number of benzene rings is 3. The van der Waals surface area contributed by atoms with Gasteiger partial charge in [0, 0.05) is 42.7 Å². The average molecular weight is 496 g/mol. The minimum absolute atomic E-state index is 0.0592. The zero-order chi connectivity index (χ0) is 25.8. The number of nitrogens with one attached hydrogen (secondary N) is 2. The lowest BCUT2D eigenvalue weighted by atomic mass is 10.1. The van der Waals surface area contributed by atoms with Crippen LogP contribution in [0.25, 0.3) is 33.2 Å². The smallest absolute Gasteiger partial charge is 0.236 e. The second kappa shape index (κ2) is 10.6. The third-order valence-electron chi connectivity index (χ3n) is 6.05. The van der Waals surface area contributed by atoms with Gasteiger partial charge in [-0.25, -0.2) is 9.97 Å². The van der Waals surface area contributed by atoms with Gasteiger partial charge in [0.15, 0.2) is 5.82 Å². The maximum atomic E-state index is 11.9. The first-order chi connectivity index (χ1) is 18.0. The normalized spacial score (nSPS) is 11.2. The molecule has 0 atom stereocenters. The number of carbonyl (C=O) groups is 1. The summed E-state index contributed by atoms with van der Waals surface area (Å²) in [6, 6.07) is 21.7. The first-order valence-corrected chi connectivity index (χ1v) is 12.0. The molecule has 3 aromatic carbocycles. The largest absolute Gasteiger partial charge is 0.492 e. The molecule has 2 aromatic heterocycles. The van der Waals surface area contributed by atoms with Gasteiger partial charge in [-0.2, -0.15) is 5.10 Å². The van der Waals surface area contributed by atoms with Crippen molar-refractivity contribution in [1.82, 2.24) is 30.0 Å². The van der Waals surface area contributed by atoms with E-state index in [9.17, 15) is 4.79 Å². The third-order valence-corrected chi connectivity index (χ3v) is 6.05. The van der Waals surface area contributed by atoms with E-state index in [-0.39, 0.29) is 5.91 Å². The number of nitrogens with zero attached hydrogens (tertiary/aromatic N) is 5. The predicted molar refractivity (Wildman–Crippen MR) is 146 cm³/mol. The molecule has 0 aliphatic heterocycles. The van der Waals surface area contributed by atoms with E-state index in [0.29, 0.717) is 37.1 Å². The van der Waals surface area contributed by atoms with E-state index in [1.807, 2.05) is 78.7 Å². The summed E-state index contributed by atoms with van der Waals surface area (Å²) >= 11 is 0. The van der Waals surface area contributed by atoms with Crippen LogP contribution in [-0.2, 0) is 4.79 Å². The molecule has 0 spiro atoms.